The Labute approximate surface area is 151 Å². The lowest BCUT2D eigenvalue weighted by atomic mass is 10.1. The fourth-order valence-electron chi connectivity index (χ4n) is 3.34. The number of hydrogen-bond acceptors (Lipinski definition) is 7. The van der Waals surface area contributed by atoms with Crippen molar-refractivity contribution in [1.82, 2.24) is 15.0 Å². The van der Waals surface area contributed by atoms with Crippen molar-refractivity contribution in [1.29, 1.82) is 0 Å². The highest BCUT2D eigenvalue weighted by Gasteiger charge is 2.30. The van der Waals surface area contributed by atoms with Gasteiger partial charge in [0, 0.05) is 32.2 Å². The fraction of sp³-hybridized carbons (Fsp3) is 0.500. The van der Waals surface area contributed by atoms with Crippen LogP contribution in [0.25, 0.3) is 0 Å². The van der Waals surface area contributed by atoms with Crippen LogP contribution in [0, 0.1) is 6.92 Å². The van der Waals surface area contributed by atoms with Crippen LogP contribution in [0.15, 0.2) is 28.8 Å². The number of nitrogens with zero attached hydrogens (tertiary/aromatic N) is 4. The van der Waals surface area contributed by atoms with Crippen molar-refractivity contribution in [2.45, 2.75) is 13.0 Å². The quantitative estimate of drug-likeness (QED) is 0.821. The second-order valence-corrected chi connectivity index (χ2v) is 6.40. The molecule has 8 nitrogen and oxygen atoms in total. The molecule has 8 heteroatoms. The number of benzene rings is 1. The summed E-state index contributed by atoms with van der Waals surface area (Å²) in [6, 6.07) is 7.75. The molecule has 1 atom stereocenters. The van der Waals surface area contributed by atoms with Crippen LogP contribution in [-0.2, 0) is 9.47 Å². The molecule has 0 bridgehead atoms. The van der Waals surface area contributed by atoms with E-state index in [0.717, 1.165) is 18.8 Å². The van der Waals surface area contributed by atoms with Crippen molar-refractivity contribution in [3.63, 3.8) is 0 Å². The molecule has 2 aromatic rings. The molecular weight excluding hydrogens is 336 g/mol. The molecule has 3 heterocycles. The van der Waals surface area contributed by atoms with Gasteiger partial charge < -0.3 is 23.8 Å². The predicted molar refractivity (Wildman–Crippen MR) is 93.1 cm³/mol. The first kappa shape index (κ1) is 17.0. The van der Waals surface area contributed by atoms with Crippen LogP contribution in [-0.4, -0.2) is 66.9 Å². The van der Waals surface area contributed by atoms with Crippen LogP contribution in [0.1, 0.15) is 28.2 Å². The second kappa shape index (κ2) is 7.43. The Hall–Kier alpha value is -2.45. The van der Waals surface area contributed by atoms with E-state index in [9.17, 15) is 4.79 Å². The topological polar surface area (TPSA) is 80.9 Å². The first-order valence-corrected chi connectivity index (χ1v) is 8.85. The summed E-state index contributed by atoms with van der Waals surface area (Å²) in [4.78, 5) is 21.4. The molecule has 0 spiro atoms. The monoisotopic (exact) mass is 358 g/mol. The minimum Gasteiger partial charge on any atom is -0.378 e. The van der Waals surface area contributed by atoms with E-state index in [4.69, 9.17) is 14.0 Å². The molecule has 138 valence electrons. The van der Waals surface area contributed by atoms with Crippen LogP contribution < -0.4 is 4.90 Å². The third-order valence-corrected chi connectivity index (χ3v) is 4.67. The lowest BCUT2D eigenvalue weighted by Crippen LogP contribution is -2.43. The third-order valence-electron chi connectivity index (χ3n) is 4.67. The number of carbonyl (C=O) groups excluding carboxylic acids is 1. The summed E-state index contributed by atoms with van der Waals surface area (Å²) >= 11 is 0. The summed E-state index contributed by atoms with van der Waals surface area (Å²) in [7, 11) is 0. The molecule has 2 aliphatic heterocycles. The van der Waals surface area contributed by atoms with Gasteiger partial charge in [0.25, 0.3) is 5.91 Å². The Morgan fingerprint density at radius 1 is 1.15 bits per heavy atom. The van der Waals surface area contributed by atoms with Gasteiger partial charge in [-0.2, -0.15) is 4.98 Å². The fourth-order valence-corrected chi connectivity index (χ4v) is 3.34. The van der Waals surface area contributed by atoms with Crippen molar-refractivity contribution in [2.75, 3.05) is 50.9 Å². The molecule has 2 saturated heterocycles. The van der Waals surface area contributed by atoms with Crippen molar-refractivity contribution in [3.05, 3.63) is 41.5 Å². The standard InChI is InChI=1S/C18H22N4O4/c1-13-19-17(20-26-13)16-12-22(8-11-25-16)18(23)14-4-2-3-5-15(14)21-6-9-24-10-7-21/h2-5,16H,6-12H2,1H3. The molecule has 1 amide bonds. The van der Waals surface area contributed by atoms with E-state index in [-0.39, 0.29) is 12.0 Å². The first-order valence-electron chi connectivity index (χ1n) is 8.85. The number of ether oxygens (including phenoxy) is 2. The van der Waals surface area contributed by atoms with Crippen molar-refractivity contribution in [2.24, 2.45) is 0 Å². The smallest absolute Gasteiger partial charge is 0.256 e. The summed E-state index contributed by atoms with van der Waals surface area (Å²) in [5.74, 6) is 0.979. The molecule has 2 aliphatic rings. The number of hydrogen-bond donors (Lipinski definition) is 0. The zero-order valence-electron chi connectivity index (χ0n) is 14.8. The predicted octanol–water partition coefficient (Wildman–Crippen LogP) is 1.43. The number of amides is 1. The molecule has 0 radical (unpaired) electrons. The van der Waals surface area contributed by atoms with E-state index in [1.54, 1.807) is 11.8 Å². The highest BCUT2D eigenvalue weighted by molar-refractivity contribution is 6.00. The highest BCUT2D eigenvalue weighted by atomic mass is 16.5. The van der Waals surface area contributed by atoms with Crippen molar-refractivity contribution >= 4 is 11.6 Å². The average Bonchev–Trinajstić information content (AvgIpc) is 3.15. The summed E-state index contributed by atoms with van der Waals surface area (Å²) in [6.45, 7) is 6.08. The van der Waals surface area contributed by atoms with Crippen LogP contribution in [0.5, 0.6) is 0 Å². The number of aromatic nitrogens is 2. The minimum absolute atomic E-state index is 0.000564. The zero-order chi connectivity index (χ0) is 17.9. The first-order chi connectivity index (χ1) is 12.7. The van der Waals surface area contributed by atoms with Gasteiger partial charge in [-0.1, -0.05) is 17.3 Å². The molecular formula is C18H22N4O4. The molecule has 2 fully saturated rings. The lowest BCUT2D eigenvalue weighted by molar-refractivity contribution is -0.0276. The maximum atomic E-state index is 13.2. The van der Waals surface area contributed by atoms with Crippen LogP contribution in [0.4, 0.5) is 5.69 Å². The van der Waals surface area contributed by atoms with E-state index in [1.165, 1.54) is 0 Å². The Kier molecular flexibility index (Phi) is 4.85. The normalized spacial score (nSPS) is 21.0. The van der Waals surface area contributed by atoms with Gasteiger partial charge in [-0.3, -0.25) is 4.79 Å². The lowest BCUT2D eigenvalue weighted by Gasteiger charge is -2.34. The number of carbonyl (C=O) groups is 1. The minimum atomic E-state index is -0.360. The van der Waals surface area contributed by atoms with Crippen LogP contribution in [0.2, 0.25) is 0 Å². The Bertz CT molecular complexity index is 772. The molecule has 1 unspecified atom stereocenters. The Morgan fingerprint density at radius 2 is 1.96 bits per heavy atom. The Balaban J connectivity index is 1.53. The van der Waals surface area contributed by atoms with E-state index in [0.29, 0.717) is 50.2 Å². The molecule has 1 aromatic carbocycles. The molecule has 0 aliphatic carbocycles. The van der Waals surface area contributed by atoms with Gasteiger partial charge in [-0.15, -0.1) is 0 Å². The largest absolute Gasteiger partial charge is 0.378 e. The number of anilines is 1. The molecule has 26 heavy (non-hydrogen) atoms. The van der Waals surface area contributed by atoms with Gasteiger partial charge >= 0.3 is 0 Å². The average molecular weight is 358 g/mol. The van der Waals surface area contributed by atoms with E-state index < -0.39 is 0 Å². The maximum absolute atomic E-state index is 13.2. The molecule has 0 N–H and O–H groups in total. The molecule has 4 rings (SSSR count). The van der Waals surface area contributed by atoms with Gasteiger partial charge in [0.15, 0.2) is 0 Å². The number of rotatable bonds is 3. The van der Waals surface area contributed by atoms with E-state index in [2.05, 4.69) is 15.0 Å². The number of morpholine rings is 2. The summed E-state index contributed by atoms with van der Waals surface area (Å²) < 4.78 is 16.2. The van der Waals surface area contributed by atoms with Gasteiger partial charge in [0.1, 0.15) is 6.10 Å². The molecule has 1 aromatic heterocycles. The molecule has 0 saturated carbocycles. The highest BCUT2D eigenvalue weighted by Crippen LogP contribution is 2.26. The number of para-hydroxylation sites is 1. The van der Waals surface area contributed by atoms with Gasteiger partial charge in [0.05, 0.1) is 31.9 Å². The Morgan fingerprint density at radius 3 is 2.73 bits per heavy atom. The van der Waals surface area contributed by atoms with Crippen LogP contribution >= 0.6 is 0 Å². The van der Waals surface area contributed by atoms with Crippen molar-refractivity contribution < 1.29 is 18.8 Å². The zero-order valence-corrected chi connectivity index (χ0v) is 14.8. The SMILES string of the molecule is Cc1nc(C2CN(C(=O)c3ccccc3N3CCOCC3)CCO2)no1. The summed E-state index contributed by atoms with van der Waals surface area (Å²) in [5, 5.41) is 3.93. The van der Waals surface area contributed by atoms with Crippen LogP contribution in [0.3, 0.4) is 0 Å². The number of aryl methyl sites for hydroxylation is 1. The van der Waals surface area contributed by atoms with Gasteiger partial charge in [-0.05, 0) is 12.1 Å². The second-order valence-electron chi connectivity index (χ2n) is 6.40. The van der Waals surface area contributed by atoms with E-state index in [1.807, 2.05) is 24.3 Å². The van der Waals surface area contributed by atoms with Gasteiger partial charge in [0.2, 0.25) is 11.7 Å². The van der Waals surface area contributed by atoms with Crippen molar-refractivity contribution in [3.8, 4) is 0 Å². The maximum Gasteiger partial charge on any atom is 0.256 e. The third kappa shape index (κ3) is 3.42. The van der Waals surface area contributed by atoms with Gasteiger partial charge in [-0.25, -0.2) is 0 Å². The summed E-state index contributed by atoms with van der Waals surface area (Å²) in [6.07, 6.45) is -0.360. The summed E-state index contributed by atoms with van der Waals surface area (Å²) in [5.41, 5.74) is 1.67. The van der Waals surface area contributed by atoms with E-state index >= 15 is 0 Å².